The Bertz CT molecular complexity index is 633. The molecule has 0 radical (unpaired) electrons. The van der Waals surface area contributed by atoms with Gasteiger partial charge in [0.2, 0.25) is 5.91 Å². The maximum absolute atomic E-state index is 12.3. The topological polar surface area (TPSA) is 86.6 Å². The lowest BCUT2D eigenvalue weighted by Gasteiger charge is -2.23. The number of aliphatic hydroxyl groups excluding tert-OH is 2. The zero-order valence-corrected chi connectivity index (χ0v) is 18.4. The summed E-state index contributed by atoms with van der Waals surface area (Å²) in [5.74, 6) is 0.432. The maximum Gasteiger partial charge on any atom is 0.219 e. The van der Waals surface area contributed by atoms with E-state index in [1.807, 2.05) is 37.3 Å². The SMILES string of the molecule is CCNC(=O)CCCCCC[C@@H]1[C@@H](CCC(=O)CCc2ccccc2)[C@H](O)C[C@@H]1O. The molecule has 0 unspecified atom stereocenters. The molecule has 1 fully saturated rings. The summed E-state index contributed by atoms with van der Waals surface area (Å²) in [6.45, 7) is 2.60. The fourth-order valence-corrected chi connectivity index (χ4v) is 4.67. The van der Waals surface area contributed by atoms with Crippen molar-refractivity contribution in [2.24, 2.45) is 11.8 Å². The van der Waals surface area contributed by atoms with E-state index >= 15 is 0 Å². The van der Waals surface area contributed by atoms with Crippen molar-refractivity contribution in [1.82, 2.24) is 5.32 Å². The lowest BCUT2D eigenvalue weighted by molar-refractivity contribution is -0.121. The first-order chi connectivity index (χ1) is 14.5. The van der Waals surface area contributed by atoms with Crippen molar-refractivity contribution in [2.45, 2.75) is 89.8 Å². The Morgan fingerprint density at radius 3 is 2.27 bits per heavy atom. The largest absolute Gasteiger partial charge is 0.393 e. The molecule has 0 saturated heterocycles. The Morgan fingerprint density at radius 1 is 0.900 bits per heavy atom. The van der Waals surface area contributed by atoms with Crippen LogP contribution in [-0.4, -0.2) is 40.7 Å². The average molecular weight is 418 g/mol. The fourth-order valence-electron chi connectivity index (χ4n) is 4.67. The van der Waals surface area contributed by atoms with E-state index in [9.17, 15) is 19.8 Å². The zero-order valence-electron chi connectivity index (χ0n) is 18.4. The van der Waals surface area contributed by atoms with Crippen LogP contribution >= 0.6 is 0 Å². The molecule has 1 saturated carbocycles. The van der Waals surface area contributed by atoms with Gasteiger partial charge in [0, 0.05) is 25.8 Å². The predicted octanol–water partition coefficient (Wildman–Crippen LogP) is 3.80. The Hall–Kier alpha value is -1.72. The van der Waals surface area contributed by atoms with Crippen molar-refractivity contribution in [3.8, 4) is 0 Å². The summed E-state index contributed by atoms with van der Waals surface area (Å²) in [4.78, 5) is 23.8. The molecule has 3 N–H and O–H groups in total. The van der Waals surface area contributed by atoms with E-state index in [2.05, 4.69) is 5.32 Å². The Morgan fingerprint density at radius 2 is 1.57 bits per heavy atom. The molecule has 4 atom stereocenters. The molecule has 0 spiro atoms. The summed E-state index contributed by atoms with van der Waals surface area (Å²) in [5.41, 5.74) is 1.17. The number of carbonyl (C=O) groups is 2. The van der Waals surface area contributed by atoms with Crippen LogP contribution in [0.5, 0.6) is 0 Å². The third-order valence-electron chi connectivity index (χ3n) is 6.38. The minimum atomic E-state index is -0.510. The van der Waals surface area contributed by atoms with Crippen molar-refractivity contribution >= 4 is 11.7 Å². The molecule has 2 rings (SSSR count). The molecule has 1 aromatic rings. The van der Waals surface area contributed by atoms with E-state index in [0.717, 1.165) is 38.5 Å². The molecule has 0 aliphatic heterocycles. The minimum Gasteiger partial charge on any atom is -0.393 e. The summed E-state index contributed by atoms with van der Waals surface area (Å²) < 4.78 is 0. The second-order valence-corrected chi connectivity index (χ2v) is 8.67. The Labute approximate surface area is 181 Å². The molecule has 0 heterocycles. The van der Waals surface area contributed by atoms with E-state index in [-0.39, 0.29) is 23.5 Å². The van der Waals surface area contributed by atoms with Crippen LogP contribution in [0.25, 0.3) is 0 Å². The molecule has 168 valence electrons. The molecule has 1 amide bonds. The number of aryl methyl sites for hydroxylation is 1. The normalized spacial score (nSPS) is 23.4. The highest BCUT2D eigenvalue weighted by molar-refractivity contribution is 5.78. The van der Waals surface area contributed by atoms with E-state index in [4.69, 9.17) is 0 Å². The van der Waals surface area contributed by atoms with Crippen LogP contribution < -0.4 is 5.32 Å². The smallest absolute Gasteiger partial charge is 0.219 e. The second kappa shape index (κ2) is 13.6. The highest BCUT2D eigenvalue weighted by Crippen LogP contribution is 2.39. The lowest BCUT2D eigenvalue weighted by atomic mass is 9.84. The second-order valence-electron chi connectivity index (χ2n) is 8.67. The van der Waals surface area contributed by atoms with Crippen molar-refractivity contribution in [2.75, 3.05) is 6.54 Å². The van der Waals surface area contributed by atoms with Gasteiger partial charge in [-0.1, -0.05) is 49.6 Å². The van der Waals surface area contributed by atoms with Gasteiger partial charge in [0.1, 0.15) is 5.78 Å². The van der Waals surface area contributed by atoms with Gasteiger partial charge in [0.25, 0.3) is 0 Å². The van der Waals surface area contributed by atoms with Crippen molar-refractivity contribution < 1.29 is 19.8 Å². The summed E-state index contributed by atoms with van der Waals surface area (Å²) in [6, 6.07) is 10.0. The number of amides is 1. The third kappa shape index (κ3) is 8.57. The highest BCUT2D eigenvalue weighted by Gasteiger charge is 2.40. The molecule has 30 heavy (non-hydrogen) atoms. The van der Waals surface area contributed by atoms with Crippen LogP contribution in [0.15, 0.2) is 30.3 Å². The van der Waals surface area contributed by atoms with Gasteiger partial charge in [-0.05, 0) is 56.4 Å². The molecular formula is C25H39NO4. The van der Waals surface area contributed by atoms with Gasteiger partial charge in [-0.3, -0.25) is 9.59 Å². The molecule has 1 aliphatic carbocycles. The molecule has 1 aliphatic rings. The summed E-state index contributed by atoms with van der Waals surface area (Å²) in [6.07, 6.45) is 7.23. The van der Waals surface area contributed by atoms with Crippen molar-refractivity contribution in [1.29, 1.82) is 0 Å². The van der Waals surface area contributed by atoms with E-state index in [1.165, 1.54) is 5.56 Å². The van der Waals surface area contributed by atoms with Gasteiger partial charge in [0.05, 0.1) is 12.2 Å². The molecule has 5 nitrogen and oxygen atoms in total. The Kier molecular flexibility index (Phi) is 11.1. The minimum absolute atomic E-state index is 0.0102. The number of hydrogen-bond donors (Lipinski definition) is 3. The quantitative estimate of drug-likeness (QED) is 0.402. The van der Waals surface area contributed by atoms with Crippen LogP contribution in [0.1, 0.15) is 76.7 Å². The zero-order chi connectivity index (χ0) is 21.8. The van der Waals surface area contributed by atoms with Crippen LogP contribution in [0.4, 0.5) is 0 Å². The number of Topliss-reactive ketones (excluding diaryl/α,β-unsaturated/α-hetero) is 1. The fraction of sp³-hybridized carbons (Fsp3) is 0.680. The molecular weight excluding hydrogens is 378 g/mol. The van der Waals surface area contributed by atoms with Crippen molar-refractivity contribution in [3.05, 3.63) is 35.9 Å². The van der Waals surface area contributed by atoms with Crippen LogP contribution in [0.3, 0.4) is 0 Å². The van der Waals surface area contributed by atoms with Crippen LogP contribution in [0.2, 0.25) is 0 Å². The number of rotatable bonds is 14. The first-order valence-electron chi connectivity index (χ1n) is 11.7. The third-order valence-corrected chi connectivity index (χ3v) is 6.38. The van der Waals surface area contributed by atoms with E-state index < -0.39 is 12.2 Å². The maximum atomic E-state index is 12.3. The standard InChI is InChI=1S/C25H39NO4/c1-2-26-25(30)13-9-4-3-8-12-21-22(24(29)18-23(21)28)17-16-20(27)15-14-19-10-6-5-7-11-19/h5-7,10-11,21-24,28-29H,2-4,8-9,12-18H2,1H3,(H,26,30)/t21-,22-,23+,24-/m1/s1. The van der Waals surface area contributed by atoms with E-state index in [0.29, 0.717) is 38.6 Å². The molecule has 1 aromatic carbocycles. The van der Waals surface area contributed by atoms with Gasteiger partial charge in [0.15, 0.2) is 0 Å². The number of benzene rings is 1. The number of nitrogens with one attached hydrogen (secondary N) is 1. The summed E-state index contributed by atoms with van der Waals surface area (Å²) >= 11 is 0. The van der Waals surface area contributed by atoms with Crippen LogP contribution in [-0.2, 0) is 16.0 Å². The first-order valence-corrected chi connectivity index (χ1v) is 11.7. The van der Waals surface area contributed by atoms with Gasteiger partial charge in [-0.2, -0.15) is 0 Å². The van der Waals surface area contributed by atoms with Crippen molar-refractivity contribution in [3.63, 3.8) is 0 Å². The number of unbranched alkanes of at least 4 members (excludes halogenated alkanes) is 3. The van der Waals surface area contributed by atoms with Gasteiger partial charge >= 0.3 is 0 Å². The van der Waals surface area contributed by atoms with E-state index in [1.54, 1.807) is 0 Å². The Balaban J connectivity index is 1.66. The lowest BCUT2D eigenvalue weighted by Crippen LogP contribution is -2.23. The summed E-state index contributed by atoms with van der Waals surface area (Å²) in [5, 5.41) is 23.6. The first kappa shape index (κ1) is 24.5. The number of aliphatic hydroxyl groups is 2. The van der Waals surface area contributed by atoms with Gasteiger partial charge < -0.3 is 15.5 Å². The predicted molar refractivity (Wildman–Crippen MR) is 119 cm³/mol. The van der Waals surface area contributed by atoms with Gasteiger partial charge in [-0.15, -0.1) is 0 Å². The summed E-state index contributed by atoms with van der Waals surface area (Å²) in [7, 11) is 0. The molecule has 0 bridgehead atoms. The van der Waals surface area contributed by atoms with Gasteiger partial charge in [-0.25, -0.2) is 0 Å². The average Bonchev–Trinajstić information content (AvgIpc) is 3.00. The number of carbonyl (C=O) groups excluding carboxylic acids is 2. The monoisotopic (exact) mass is 417 g/mol. The highest BCUT2D eigenvalue weighted by atomic mass is 16.3. The van der Waals surface area contributed by atoms with Crippen LogP contribution in [0, 0.1) is 11.8 Å². The molecule has 5 heteroatoms. The molecule has 0 aromatic heterocycles. The number of ketones is 1. The number of hydrogen-bond acceptors (Lipinski definition) is 4.